The van der Waals surface area contributed by atoms with Gasteiger partial charge in [-0.1, -0.05) is 12.6 Å². The lowest BCUT2D eigenvalue weighted by atomic mass is 10.0. The number of anilines is 2. The molecular weight excluding hydrogens is 496 g/mol. The van der Waals surface area contributed by atoms with Crippen molar-refractivity contribution in [1.82, 2.24) is 20.2 Å². The second kappa shape index (κ2) is 10.5. The smallest absolute Gasteiger partial charge is 0.282 e. The van der Waals surface area contributed by atoms with Gasteiger partial charge in [-0.05, 0) is 31.0 Å². The largest absolute Gasteiger partial charge is 0.492 e. The molecule has 9 nitrogen and oxygen atoms in total. The molecule has 1 saturated heterocycles. The number of H-pyrrole nitrogens is 1. The number of piperidine rings is 1. The molecule has 1 fully saturated rings. The van der Waals surface area contributed by atoms with Gasteiger partial charge in [0.2, 0.25) is 0 Å². The summed E-state index contributed by atoms with van der Waals surface area (Å²) >= 11 is 0. The number of rotatable bonds is 7. The van der Waals surface area contributed by atoms with Crippen molar-refractivity contribution in [2.75, 3.05) is 32.1 Å². The summed E-state index contributed by atoms with van der Waals surface area (Å²) in [6, 6.07) is 6.23. The van der Waals surface area contributed by atoms with Gasteiger partial charge in [0.15, 0.2) is 17.4 Å². The minimum Gasteiger partial charge on any atom is -0.492 e. The molecule has 3 N–H and O–H groups in total. The van der Waals surface area contributed by atoms with E-state index in [2.05, 4.69) is 27.2 Å². The Hall–Kier alpha value is -4.41. The first-order valence-electron chi connectivity index (χ1n) is 12.2. The highest BCUT2D eigenvalue weighted by Crippen LogP contribution is 2.42. The first-order chi connectivity index (χ1) is 18.4. The van der Waals surface area contributed by atoms with Crippen molar-refractivity contribution >= 4 is 23.2 Å². The lowest BCUT2D eigenvalue weighted by Gasteiger charge is -2.32. The Balaban J connectivity index is 1.54. The van der Waals surface area contributed by atoms with Crippen molar-refractivity contribution < 1.29 is 27.8 Å². The van der Waals surface area contributed by atoms with Gasteiger partial charge in [-0.3, -0.25) is 14.6 Å². The predicted octanol–water partition coefficient (Wildman–Crippen LogP) is 4.11. The number of carbonyl (C=O) groups is 2. The summed E-state index contributed by atoms with van der Waals surface area (Å²) in [5.74, 6) is -2.14. The number of amides is 2. The fraction of sp³-hybridized carbons (Fsp3) is 0.296. The van der Waals surface area contributed by atoms with Gasteiger partial charge in [0, 0.05) is 37.0 Å². The van der Waals surface area contributed by atoms with Gasteiger partial charge in [-0.15, -0.1) is 0 Å². The summed E-state index contributed by atoms with van der Waals surface area (Å²) in [6.45, 7) is 4.20. The van der Waals surface area contributed by atoms with Gasteiger partial charge in [0.1, 0.15) is 11.9 Å². The number of aromatic amines is 1. The van der Waals surface area contributed by atoms with Crippen molar-refractivity contribution in [3.05, 3.63) is 66.1 Å². The van der Waals surface area contributed by atoms with Crippen LogP contribution in [0.5, 0.6) is 11.5 Å². The minimum atomic E-state index is -1.01. The lowest BCUT2D eigenvalue weighted by Crippen LogP contribution is -2.44. The first-order valence-corrected chi connectivity index (χ1v) is 12.2. The van der Waals surface area contributed by atoms with E-state index in [4.69, 9.17) is 9.47 Å². The first kappa shape index (κ1) is 25.2. The maximum Gasteiger partial charge on any atom is 0.282 e. The van der Waals surface area contributed by atoms with Crippen molar-refractivity contribution in [2.24, 2.45) is 0 Å². The number of halogens is 2. The topological polar surface area (TPSA) is 109 Å². The maximum atomic E-state index is 14.4. The molecule has 38 heavy (non-hydrogen) atoms. The molecule has 4 heterocycles. The zero-order chi connectivity index (χ0) is 26.8. The summed E-state index contributed by atoms with van der Waals surface area (Å²) < 4.78 is 39.4. The van der Waals surface area contributed by atoms with Crippen LogP contribution in [0, 0.1) is 5.82 Å². The Morgan fingerprint density at radius 2 is 2.16 bits per heavy atom. The number of para-hydroxylation sites is 1. The Bertz CT molecular complexity index is 1410. The highest BCUT2D eigenvalue weighted by atomic mass is 19.1. The summed E-state index contributed by atoms with van der Waals surface area (Å²) in [5.41, 5.74) is 3.08. The van der Waals surface area contributed by atoms with E-state index < -0.39 is 23.7 Å². The molecule has 0 spiro atoms. The van der Waals surface area contributed by atoms with Crippen molar-refractivity contribution in [3.63, 3.8) is 0 Å². The van der Waals surface area contributed by atoms with Crippen LogP contribution in [0.25, 0.3) is 11.3 Å². The number of carbonyl (C=O) groups excluding carboxylic acids is 2. The molecule has 5 rings (SSSR count). The average Bonchev–Trinajstić information content (AvgIpc) is 3.28. The van der Waals surface area contributed by atoms with Gasteiger partial charge in [0.05, 0.1) is 42.5 Å². The number of nitrogens with zero attached hydrogens (tertiary/aromatic N) is 2. The number of hydrogen-bond donors (Lipinski definition) is 3. The Morgan fingerprint density at radius 3 is 2.95 bits per heavy atom. The van der Waals surface area contributed by atoms with Gasteiger partial charge in [-0.25, -0.2) is 8.78 Å². The molecule has 0 radical (unpaired) electrons. The van der Waals surface area contributed by atoms with Crippen LogP contribution in [-0.4, -0.2) is 59.5 Å². The molecule has 2 aromatic heterocycles. The summed E-state index contributed by atoms with van der Waals surface area (Å²) in [6.07, 6.45) is 4.62. The molecule has 11 heteroatoms. The molecule has 3 aromatic rings. The zero-order valence-corrected chi connectivity index (χ0v) is 20.8. The number of hydrogen-bond acceptors (Lipinski definition) is 6. The van der Waals surface area contributed by atoms with E-state index in [1.165, 1.54) is 18.1 Å². The fourth-order valence-corrected chi connectivity index (χ4v) is 4.91. The third-order valence-electron chi connectivity index (χ3n) is 6.64. The summed E-state index contributed by atoms with van der Waals surface area (Å²) in [7, 11) is 1.37. The van der Waals surface area contributed by atoms with Crippen LogP contribution >= 0.6 is 0 Å². The van der Waals surface area contributed by atoms with Crippen LogP contribution < -0.4 is 20.1 Å². The molecular formula is C27H27F2N5O4. The highest BCUT2D eigenvalue weighted by Gasteiger charge is 2.31. The number of pyridine rings is 1. The van der Waals surface area contributed by atoms with Crippen LogP contribution in [0.2, 0.25) is 0 Å². The number of methoxy groups -OCH3 is 1. The number of ether oxygens (including phenoxy) is 2. The standard InChI is InChI=1S/C27H27F2N5O4/c1-15(28)27(36)34-12-4-5-16(14-34)38-21-13-30-10-8-17(21)23-24(22-19(32-23)9-11-31-26(22)35)33-20-7-3-6-18(29)25(20)37-2/h3,6-8,10,13,16,32-33H,1,4-5,9,11-12,14H2,2H3,(H,31,35)/t16-/m0/s1. The number of likely N-dealkylation sites (tertiary alicyclic amines) is 1. The number of aromatic nitrogens is 2. The molecule has 0 unspecified atom stereocenters. The van der Waals surface area contributed by atoms with Gasteiger partial charge in [0.25, 0.3) is 11.8 Å². The van der Waals surface area contributed by atoms with E-state index in [0.717, 1.165) is 5.69 Å². The van der Waals surface area contributed by atoms with Crippen LogP contribution in [0.1, 0.15) is 28.9 Å². The van der Waals surface area contributed by atoms with Crippen molar-refractivity contribution in [3.8, 4) is 22.8 Å². The van der Waals surface area contributed by atoms with Crippen LogP contribution in [0.4, 0.5) is 20.2 Å². The fourth-order valence-electron chi connectivity index (χ4n) is 4.91. The summed E-state index contributed by atoms with van der Waals surface area (Å²) in [4.78, 5) is 34.0. The quantitative estimate of drug-likeness (QED) is 0.403. The number of benzene rings is 1. The van der Waals surface area contributed by atoms with Crippen LogP contribution in [0.3, 0.4) is 0 Å². The maximum absolute atomic E-state index is 14.4. The van der Waals surface area contributed by atoms with Crippen LogP contribution in [0.15, 0.2) is 49.1 Å². The number of fused-ring (bicyclic) bond motifs is 1. The summed E-state index contributed by atoms with van der Waals surface area (Å²) in [5, 5.41) is 6.05. The molecule has 198 valence electrons. The van der Waals surface area contributed by atoms with E-state index in [1.54, 1.807) is 30.6 Å². The SMILES string of the molecule is C=C(F)C(=O)N1CCC[C@H](Oc2cnccc2-c2[nH]c3c(c2Nc2cccc(F)c2OC)C(=O)NCC3)C1. The molecule has 2 amide bonds. The average molecular weight is 524 g/mol. The van der Waals surface area contributed by atoms with Gasteiger partial charge >= 0.3 is 0 Å². The van der Waals surface area contributed by atoms with E-state index >= 15 is 0 Å². The van der Waals surface area contributed by atoms with E-state index in [1.807, 2.05) is 0 Å². The monoisotopic (exact) mass is 523 g/mol. The zero-order valence-electron chi connectivity index (χ0n) is 20.8. The molecule has 2 aliphatic heterocycles. The molecule has 0 aliphatic carbocycles. The second-order valence-corrected chi connectivity index (χ2v) is 9.09. The lowest BCUT2D eigenvalue weighted by molar-refractivity contribution is -0.131. The molecule has 0 bridgehead atoms. The van der Waals surface area contributed by atoms with Crippen LogP contribution in [-0.2, 0) is 11.2 Å². The van der Waals surface area contributed by atoms with E-state index in [0.29, 0.717) is 66.3 Å². The van der Waals surface area contributed by atoms with Gasteiger partial charge < -0.3 is 30.0 Å². The molecule has 1 atom stereocenters. The molecule has 1 aromatic carbocycles. The number of nitrogens with one attached hydrogen (secondary N) is 3. The molecule has 2 aliphatic rings. The third kappa shape index (κ3) is 4.79. The van der Waals surface area contributed by atoms with Crippen molar-refractivity contribution in [1.29, 1.82) is 0 Å². The third-order valence-corrected chi connectivity index (χ3v) is 6.64. The van der Waals surface area contributed by atoms with Gasteiger partial charge in [-0.2, -0.15) is 0 Å². The Kier molecular flexibility index (Phi) is 6.99. The minimum absolute atomic E-state index is 0.0113. The highest BCUT2D eigenvalue weighted by molar-refractivity contribution is 6.06. The predicted molar refractivity (Wildman–Crippen MR) is 137 cm³/mol. The van der Waals surface area contributed by atoms with E-state index in [9.17, 15) is 18.4 Å². The molecule has 0 saturated carbocycles. The van der Waals surface area contributed by atoms with Crippen molar-refractivity contribution in [2.45, 2.75) is 25.4 Å². The second-order valence-electron chi connectivity index (χ2n) is 9.09. The normalized spacial score (nSPS) is 16.9. The van der Waals surface area contributed by atoms with E-state index in [-0.39, 0.29) is 18.2 Å². The Morgan fingerprint density at radius 1 is 1.32 bits per heavy atom. The Labute approximate surface area is 217 Å².